The summed E-state index contributed by atoms with van der Waals surface area (Å²) in [6.45, 7) is 6.02. The van der Waals surface area contributed by atoms with Crippen molar-refractivity contribution in [2.75, 3.05) is 19.6 Å². The lowest BCUT2D eigenvalue weighted by atomic mass is 9.83. The van der Waals surface area contributed by atoms with Crippen LogP contribution >= 0.6 is 0 Å². The second-order valence-corrected chi connectivity index (χ2v) is 7.47. The van der Waals surface area contributed by atoms with E-state index in [0.29, 0.717) is 24.4 Å². The molecule has 1 aromatic carbocycles. The molecule has 1 aliphatic heterocycles. The summed E-state index contributed by atoms with van der Waals surface area (Å²) in [5, 5.41) is 6.18. The van der Waals surface area contributed by atoms with Gasteiger partial charge in [0.15, 0.2) is 0 Å². The number of amides is 1. The number of halogens is 3. The molecule has 3 nitrogen and oxygen atoms in total. The number of hydrogen-bond acceptors (Lipinski definition) is 2. The Balaban J connectivity index is 1.86. The molecule has 140 valence electrons. The van der Waals surface area contributed by atoms with Crippen molar-refractivity contribution in [1.29, 1.82) is 0 Å². The Morgan fingerprint density at radius 2 is 1.84 bits per heavy atom. The van der Waals surface area contributed by atoms with E-state index < -0.39 is 17.2 Å². The number of hydrogen-bond donors (Lipinski definition) is 2. The minimum Gasteiger partial charge on any atom is -0.355 e. The van der Waals surface area contributed by atoms with Gasteiger partial charge in [0, 0.05) is 18.4 Å². The van der Waals surface area contributed by atoms with Crippen molar-refractivity contribution in [2.24, 2.45) is 5.92 Å². The molecular formula is C19H27F3N2O. The standard InChI is InChI=1S/C19H27F3N2O/c1-18(2,15-4-3-5-16(12-15)19(20,21)22)13-24-17(25)7-6-14-8-10-23-11-9-14/h3-5,12,14,23H,6-11,13H2,1-2H3,(H,24,25). The van der Waals surface area contributed by atoms with Crippen LogP contribution in [0.25, 0.3) is 0 Å². The molecule has 1 heterocycles. The first-order chi connectivity index (χ1) is 11.7. The molecule has 1 fully saturated rings. The summed E-state index contributed by atoms with van der Waals surface area (Å²) in [6, 6.07) is 5.33. The van der Waals surface area contributed by atoms with Gasteiger partial charge >= 0.3 is 6.18 Å². The van der Waals surface area contributed by atoms with Crippen LogP contribution in [-0.2, 0) is 16.4 Å². The summed E-state index contributed by atoms with van der Waals surface area (Å²) < 4.78 is 38.6. The fraction of sp³-hybridized carbons (Fsp3) is 0.632. The first-order valence-electron chi connectivity index (χ1n) is 8.83. The van der Waals surface area contributed by atoms with E-state index in [1.165, 1.54) is 12.1 Å². The van der Waals surface area contributed by atoms with Crippen molar-refractivity contribution >= 4 is 5.91 Å². The molecule has 0 aromatic heterocycles. The molecule has 0 aliphatic carbocycles. The highest BCUT2D eigenvalue weighted by molar-refractivity contribution is 5.76. The predicted molar refractivity (Wildman–Crippen MR) is 92.3 cm³/mol. The molecule has 0 atom stereocenters. The number of carbonyl (C=O) groups is 1. The minimum absolute atomic E-state index is 0.0291. The van der Waals surface area contributed by atoms with Crippen molar-refractivity contribution in [3.63, 3.8) is 0 Å². The molecule has 2 N–H and O–H groups in total. The number of benzene rings is 1. The van der Waals surface area contributed by atoms with Gasteiger partial charge in [-0.25, -0.2) is 0 Å². The fourth-order valence-electron chi connectivity index (χ4n) is 3.13. The molecule has 2 rings (SSSR count). The molecule has 0 unspecified atom stereocenters. The molecule has 1 aromatic rings. The zero-order valence-corrected chi connectivity index (χ0v) is 14.9. The van der Waals surface area contributed by atoms with E-state index in [1.54, 1.807) is 6.07 Å². The van der Waals surface area contributed by atoms with Crippen molar-refractivity contribution in [1.82, 2.24) is 10.6 Å². The smallest absolute Gasteiger partial charge is 0.355 e. The van der Waals surface area contributed by atoms with Gasteiger partial charge in [-0.05, 0) is 49.9 Å². The molecular weight excluding hydrogens is 329 g/mol. The number of carbonyl (C=O) groups excluding carboxylic acids is 1. The quantitative estimate of drug-likeness (QED) is 0.812. The van der Waals surface area contributed by atoms with Crippen LogP contribution in [0.3, 0.4) is 0 Å². The summed E-state index contributed by atoms with van der Waals surface area (Å²) >= 11 is 0. The number of nitrogens with one attached hydrogen (secondary N) is 2. The lowest BCUT2D eigenvalue weighted by molar-refractivity contribution is -0.137. The highest BCUT2D eigenvalue weighted by Gasteiger charge is 2.32. The van der Waals surface area contributed by atoms with E-state index in [2.05, 4.69) is 10.6 Å². The number of piperidine rings is 1. The van der Waals surface area contributed by atoms with Crippen molar-refractivity contribution in [3.8, 4) is 0 Å². The molecule has 1 aliphatic rings. The first kappa shape index (κ1) is 19.8. The largest absolute Gasteiger partial charge is 0.416 e. The third-order valence-corrected chi connectivity index (χ3v) is 4.94. The van der Waals surface area contributed by atoms with Crippen LogP contribution in [0.4, 0.5) is 13.2 Å². The Hall–Kier alpha value is -1.56. The monoisotopic (exact) mass is 356 g/mol. The number of alkyl halides is 3. The van der Waals surface area contributed by atoms with E-state index in [1.807, 2.05) is 13.8 Å². The highest BCUT2D eigenvalue weighted by atomic mass is 19.4. The third-order valence-electron chi connectivity index (χ3n) is 4.94. The van der Waals surface area contributed by atoms with Gasteiger partial charge in [-0.15, -0.1) is 0 Å². The average molecular weight is 356 g/mol. The Kier molecular flexibility index (Phi) is 6.49. The maximum atomic E-state index is 12.9. The van der Waals surface area contributed by atoms with Crippen LogP contribution in [0.1, 0.15) is 50.7 Å². The summed E-state index contributed by atoms with van der Waals surface area (Å²) in [6.07, 6.45) is -0.808. The van der Waals surface area contributed by atoms with E-state index >= 15 is 0 Å². The van der Waals surface area contributed by atoms with Gasteiger partial charge in [0.05, 0.1) is 5.56 Å². The average Bonchev–Trinajstić information content (AvgIpc) is 2.58. The zero-order chi connectivity index (χ0) is 18.5. The van der Waals surface area contributed by atoms with Gasteiger partial charge in [-0.3, -0.25) is 4.79 Å². The molecule has 1 amide bonds. The Morgan fingerprint density at radius 1 is 1.20 bits per heavy atom. The lowest BCUT2D eigenvalue weighted by Gasteiger charge is -2.27. The Bertz CT molecular complexity index is 578. The third kappa shape index (κ3) is 6.03. The van der Waals surface area contributed by atoms with Crippen molar-refractivity contribution in [2.45, 2.75) is 51.1 Å². The van der Waals surface area contributed by atoms with Crippen molar-refractivity contribution < 1.29 is 18.0 Å². The molecule has 1 saturated heterocycles. The maximum Gasteiger partial charge on any atom is 0.416 e. The van der Waals surface area contributed by atoms with E-state index in [-0.39, 0.29) is 5.91 Å². The molecule has 0 saturated carbocycles. The van der Waals surface area contributed by atoms with Crippen LogP contribution in [0, 0.1) is 5.92 Å². The van der Waals surface area contributed by atoms with Gasteiger partial charge in [0.2, 0.25) is 5.91 Å². The van der Waals surface area contributed by atoms with Crippen LogP contribution in [0.5, 0.6) is 0 Å². The second kappa shape index (κ2) is 8.21. The van der Waals surface area contributed by atoms with Crippen LogP contribution in [0.15, 0.2) is 24.3 Å². The molecule has 0 bridgehead atoms. The first-order valence-corrected chi connectivity index (χ1v) is 8.83. The van der Waals surface area contributed by atoms with Crippen LogP contribution < -0.4 is 10.6 Å². The van der Waals surface area contributed by atoms with Gasteiger partial charge in [-0.1, -0.05) is 32.0 Å². The summed E-state index contributed by atoms with van der Waals surface area (Å²) in [7, 11) is 0. The molecule has 6 heteroatoms. The van der Waals surface area contributed by atoms with E-state index in [9.17, 15) is 18.0 Å². The Morgan fingerprint density at radius 3 is 2.48 bits per heavy atom. The van der Waals surface area contributed by atoms with E-state index in [4.69, 9.17) is 0 Å². The minimum atomic E-state index is -4.36. The van der Waals surface area contributed by atoms with Crippen LogP contribution in [0.2, 0.25) is 0 Å². The fourth-order valence-corrected chi connectivity index (χ4v) is 3.13. The van der Waals surface area contributed by atoms with Gasteiger partial charge in [0.25, 0.3) is 0 Å². The van der Waals surface area contributed by atoms with Gasteiger partial charge < -0.3 is 10.6 Å². The van der Waals surface area contributed by atoms with Crippen LogP contribution in [-0.4, -0.2) is 25.5 Å². The normalized spacial score (nSPS) is 16.7. The predicted octanol–water partition coefficient (Wildman–Crippen LogP) is 3.88. The molecule has 0 radical (unpaired) electrons. The van der Waals surface area contributed by atoms with Gasteiger partial charge in [-0.2, -0.15) is 13.2 Å². The summed E-state index contributed by atoms with van der Waals surface area (Å²) in [5.74, 6) is 0.557. The second-order valence-electron chi connectivity index (χ2n) is 7.47. The number of rotatable bonds is 6. The zero-order valence-electron chi connectivity index (χ0n) is 14.9. The molecule has 0 spiro atoms. The summed E-state index contributed by atoms with van der Waals surface area (Å²) in [5.41, 5.74) is -0.651. The maximum absolute atomic E-state index is 12.9. The van der Waals surface area contributed by atoms with E-state index in [0.717, 1.165) is 38.4 Å². The van der Waals surface area contributed by atoms with Gasteiger partial charge in [0.1, 0.15) is 0 Å². The highest BCUT2D eigenvalue weighted by Crippen LogP contribution is 2.32. The topological polar surface area (TPSA) is 41.1 Å². The van der Waals surface area contributed by atoms with Crippen molar-refractivity contribution in [3.05, 3.63) is 35.4 Å². The lowest BCUT2D eigenvalue weighted by Crippen LogP contribution is -2.37. The Labute approximate surface area is 147 Å². The molecule has 25 heavy (non-hydrogen) atoms. The SMILES string of the molecule is CC(C)(CNC(=O)CCC1CCNCC1)c1cccc(C(F)(F)F)c1. The summed E-state index contributed by atoms with van der Waals surface area (Å²) in [4.78, 5) is 12.1.